The molecule has 1 aromatic rings. The predicted octanol–water partition coefficient (Wildman–Crippen LogP) is 3.02. The SMILES string of the molecule is C=CCOc1cccc(NC(=O)N2CCCCCC2CO)c1. The first-order valence-corrected chi connectivity index (χ1v) is 7.77. The molecular formula is C17H24N2O3. The van der Waals surface area contributed by atoms with Gasteiger partial charge in [0.05, 0.1) is 12.6 Å². The molecule has 2 amide bonds. The molecule has 1 unspecified atom stereocenters. The molecule has 1 fully saturated rings. The van der Waals surface area contributed by atoms with Gasteiger partial charge in [-0.25, -0.2) is 4.79 Å². The highest BCUT2D eigenvalue weighted by atomic mass is 16.5. The Hall–Kier alpha value is -2.01. The zero-order chi connectivity index (χ0) is 15.8. The van der Waals surface area contributed by atoms with Gasteiger partial charge < -0.3 is 20.1 Å². The number of hydrogen-bond acceptors (Lipinski definition) is 3. The summed E-state index contributed by atoms with van der Waals surface area (Å²) < 4.78 is 5.46. The van der Waals surface area contributed by atoms with Crippen LogP contribution in [-0.4, -0.2) is 41.8 Å². The van der Waals surface area contributed by atoms with Crippen molar-refractivity contribution in [2.24, 2.45) is 0 Å². The van der Waals surface area contributed by atoms with E-state index in [1.807, 2.05) is 18.2 Å². The summed E-state index contributed by atoms with van der Waals surface area (Å²) in [6.45, 7) is 4.73. The minimum Gasteiger partial charge on any atom is -0.489 e. The first-order chi connectivity index (χ1) is 10.7. The summed E-state index contributed by atoms with van der Waals surface area (Å²) in [5, 5.41) is 12.4. The normalized spacial score (nSPS) is 18.4. The van der Waals surface area contributed by atoms with Gasteiger partial charge in [0.25, 0.3) is 0 Å². The highest BCUT2D eigenvalue weighted by Gasteiger charge is 2.24. The van der Waals surface area contributed by atoms with Crippen molar-refractivity contribution in [1.82, 2.24) is 4.90 Å². The average Bonchev–Trinajstić information content (AvgIpc) is 2.78. The number of carbonyl (C=O) groups is 1. The molecule has 1 aliphatic rings. The van der Waals surface area contributed by atoms with Crippen molar-refractivity contribution in [3.05, 3.63) is 36.9 Å². The van der Waals surface area contributed by atoms with E-state index < -0.39 is 0 Å². The lowest BCUT2D eigenvalue weighted by Crippen LogP contribution is -2.44. The molecule has 1 aliphatic heterocycles. The molecule has 5 heteroatoms. The first-order valence-electron chi connectivity index (χ1n) is 7.77. The Kier molecular flexibility index (Phi) is 6.27. The van der Waals surface area contributed by atoms with E-state index in [4.69, 9.17) is 4.74 Å². The molecule has 0 aliphatic carbocycles. The molecule has 5 nitrogen and oxygen atoms in total. The summed E-state index contributed by atoms with van der Waals surface area (Å²) in [4.78, 5) is 14.2. The van der Waals surface area contributed by atoms with Crippen LogP contribution in [-0.2, 0) is 0 Å². The number of amides is 2. The number of anilines is 1. The highest BCUT2D eigenvalue weighted by Crippen LogP contribution is 2.20. The van der Waals surface area contributed by atoms with Crippen LogP contribution in [0.3, 0.4) is 0 Å². The molecule has 2 rings (SSSR count). The van der Waals surface area contributed by atoms with Gasteiger partial charge in [-0.15, -0.1) is 0 Å². The third-order valence-electron chi connectivity index (χ3n) is 3.80. The van der Waals surface area contributed by atoms with E-state index in [-0.39, 0.29) is 18.7 Å². The molecule has 1 atom stereocenters. The molecule has 1 saturated heterocycles. The van der Waals surface area contributed by atoms with Crippen LogP contribution < -0.4 is 10.1 Å². The maximum Gasteiger partial charge on any atom is 0.322 e. The number of carbonyl (C=O) groups excluding carboxylic acids is 1. The number of urea groups is 1. The second-order valence-electron chi connectivity index (χ2n) is 5.44. The summed E-state index contributed by atoms with van der Waals surface area (Å²) in [5.41, 5.74) is 0.687. The monoisotopic (exact) mass is 304 g/mol. The Morgan fingerprint density at radius 3 is 3.09 bits per heavy atom. The smallest absolute Gasteiger partial charge is 0.322 e. The molecule has 1 aromatic carbocycles. The Bertz CT molecular complexity index is 504. The average molecular weight is 304 g/mol. The molecule has 22 heavy (non-hydrogen) atoms. The third-order valence-corrected chi connectivity index (χ3v) is 3.80. The fraction of sp³-hybridized carbons (Fsp3) is 0.471. The summed E-state index contributed by atoms with van der Waals surface area (Å²) in [7, 11) is 0. The van der Waals surface area contributed by atoms with Crippen LogP contribution in [0.4, 0.5) is 10.5 Å². The summed E-state index contributed by atoms with van der Waals surface area (Å²) in [6.07, 6.45) is 5.66. The summed E-state index contributed by atoms with van der Waals surface area (Å²) in [5.74, 6) is 0.687. The van der Waals surface area contributed by atoms with E-state index in [1.54, 1.807) is 17.0 Å². The van der Waals surface area contributed by atoms with Crippen molar-refractivity contribution < 1.29 is 14.6 Å². The number of nitrogens with zero attached hydrogens (tertiary/aromatic N) is 1. The van der Waals surface area contributed by atoms with Crippen molar-refractivity contribution in [2.45, 2.75) is 31.7 Å². The first kappa shape index (κ1) is 16.4. The van der Waals surface area contributed by atoms with Gasteiger partial charge in [-0.1, -0.05) is 31.6 Å². The van der Waals surface area contributed by atoms with Crippen molar-refractivity contribution in [3.63, 3.8) is 0 Å². The molecule has 0 bridgehead atoms. The lowest BCUT2D eigenvalue weighted by Gasteiger charge is -2.28. The fourth-order valence-corrected chi connectivity index (χ4v) is 2.65. The van der Waals surface area contributed by atoms with E-state index >= 15 is 0 Å². The van der Waals surface area contributed by atoms with Gasteiger partial charge >= 0.3 is 6.03 Å². The van der Waals surface area contributed by atoms with E-state index in [2.05, 4.69) is 11.9 Å². The van der Waals surface area contributed by atoms with Crippen LogP contribution in [0.25, 0.3) is 0 Å². The second-order valence-corrected chi connectivity index (χ2v) is 5.44. The Labute approximate surface area is 131 Å². The maximum atomic E-state index is 12.5. The Morgan fingerprint density at radius 2 is 2.32 bits per heavy atom. The lowest BCUT2D eigenvalue weighted by molar-refractivity contribution is 0.142. The van der Waals surface area contributed by atoms with Gasteiger partial charge in [0, 0.05) is 18.3 Å². The minimum absolute atomic E-state index is 0.00983. The number of aliphatic hydroxyl groups excluding tert-OH is 1. The van der Waals surface area contributed by atoms with E-state index in [1.165, 1.54) is 0 Å². The van der Waals surface area contributed by atoms with Crippen molar-refractivity contribution >= 4 is 11.7 Å². The van der Waals surface area contributed by atoms with Crippen molar-refractivity contribution in [3.8, 4) is 5.75 Å². The molecule has 0 radical (unpaired) electrons. The van der Waals surface area contributed by atoms with Crippen LogP contribution in [0.5, 0.6) is 5.75 Å². The number of aliphatic hydroxyl groups is 1. The molecule has 2 N–H and O–H groups in total. The number of likely N-dealkylation sites (tertiary alicyclic amines) is 1. The Balaban J connectivity index is 2.02. The molecule has 0 aromatic heterocycles. The number of ether oxygens (including phenoxy) is 1. The molecule has 0 spiro atoms. The highest BCUT2D eigenvalue weighted by molar-refractivity contribution is 5.89. The minimum atomic E-state index is -0.165. The number of benzene rings is 1. The van der Waals surface area contributed by atoms with Crippen LogP contribution in [0.1, 0.15) is 25.7 Å². The quantitative estimate of drug-likeness (QED) is 0.822. The van der Waals surface area contributed by atoms with E-state index in [0.29, 0.717) is 24.6 Å². The number of nitrogens with one attached hydrogen (secondary N) is 1. The van der Waals surface area contributed by atoms with Crippen LogP contribution in [0.2, 0.25) is 0 Å². The van der Waals surface area contributed by atoms with Gasteiger partial charge in [0.15, 0.2) is 0 Å². The fourth-order valence-electron chi connectivity index (χ4n) is 2.65. The maximum absolute atomic E-state index is 12.5. The largest absolute Gasteiger partial charge is 0.489 e. The zero-order valence-corrected chi connectivity index (χ0v) is 12.8. The molecule has 120 valence electrons. The van der Waals surface area contributed by atoms with E-state index in [0.717, 1.165) is 25.7 Å². The molecular weight excluding hydrogens is 280 g/mol. The van der Waals surface area contributed by atoms with Crippen LogP contribution >= 0.6 is 0 Å². The molecule has 0 saturated carbocycles. The second kappa shape index (κ2) is 8.44. The van der Waals surface area contributed by atoms with Crippen molar-refractivity contribution in [1.29, 1.82) is 0 Å². The standard InChI is InChI=1S/C17H24N2O3/c1-2-11-22-16-9-6-7-14(12-16)18-17(21)19-10-5-3-4-8-15(19)13-20/h2,6-7,9,12,15,20H,1,3-5,8,10-11,13H2,(H,18,21). The van der Waals surface area contributed by atoms with Crippen LogP contribution in [0.15, 0.2) is 36.9 Å². The third kappa shape index (κ3) is 4.49. The summed E-state index contributed by atoms with van der Waals surface area (Å²) >= 11 is 0. The number of rotatable bonds is 5. The van der Waals surface area contributed by atoms with Gasteiger partial charge in [-0.2, -0.15) is 0 Å². The van der Waals surface area contributed by atoms with Crippen LogP contribution in [0, 0.1) is 0 Å². The number of hydrogen-bond donors (Lipinski definition) is 2. The van der Waals surface area contributed by atoms with Gasteiger partial charge in [0.2, 0.25) is 0 Å². The predicted molar refractivity (Wildman–Crippen MR) is 87.2 cm³/mol. The van der Waals surface area contributed by atoms with Gasteiger partial charge in [0.1, 0.15) is 12.4 Å². The summed E-state index contributed by atoms with van der Waals surface area (Å²) in [6, 6.07) is 7.02. The van der Waals surface area contributed by atoms with Crippen molar-refractivity contribution in [2.75, 3.05) is 25.1 Å². The molecule has 1 heterocycles. The Morgan fingerprint density at radius 1 is 1.45 bits per heavy atom. The van der Waals surface area contributed by atoms with Gasteiger partial charge in [-0.3, -0.25) is 0 Å². The van der Waals surface area contributed by atoms with Gasteiger partial charge in [-0.05, 0) is 25.0 Å². The lowest BCUT2D eigenvalue weighted by atomic mass is 10.1. The topological polar surface area (TPSA) is 61.8 Å². The van der Waals surface area contributed by atoms with E-state index in [9.17, 15) is 9.90 Å². The zero-order valence-electron chi connectivity index (χ0n) is 12.8.